The van der Waals surface area contributed by atoms with Gasteiger partial charge in [-0.15, -0.1) is 0 Å². The van der Waals surface area contributed by atoms with Crippen LogP contribution in [0.15, 0.2) is 36.4 Å². The molecule has 0 radical (unpaired) electrons. The smallest absolute Gasteiger partial charge is 0.271 e. The Morgan fingerprint density at radius 3 is 2.80 bits per heavy atom. The number of benzene rings is 2. The quantitative estimate of drug-likeness (QED) is 0.666. The molecule has 0 aliphatic carbocycles. The molecule has 0 fully saturated rings. The molecule has 2 aromatic rings. The zero-order valence-corrected chi connectivity index (χ0v) is 10.9. The van der Waals surface area contributed by atoms with E-state index in [9.17, 15) is 19.6 Å². The first-order valence-electron chi connectivity index (χ1n) is 5.63. The number of anilines is 1. The van der Waals surface area contributed by atoms with E-state index >= 15 is 0 Å². The highest BCUT2D eigenvalue weighted by Crippen LogP contribution is 2.28. The number of nitro benzene ring substituents is 1. The molecule has 0 saturated heterocycles. The molecule has 0 aliphatic rings. The third kappa shape index (κ3) is 2.97. The molecule has 0 spiro atoms. The third-order valence-electron chi connectivity index (χ3n) is 2.70. The van der Waals surface area contributed by atoms with Gasteiger partial charge in [-0.3, -0.25) is 10.1 Å². The molecule has 0 unspecified atom stereocenters. The second-order valence-electron chi connectivity index (χ2n) is 4.02. The second kappa shape index (κ2) is 5.75. The lowest BCUT2D eigenvalue weighted by molar-refractivity contribution is -0.384. The molecule has 2 N–H and O–H groups in total. The van der Waals surface area contributed by atoms with Crippen LogP contribution in [0, 0.1) is 15.9 Å². The number of hydrogen-bond donors (Lipinski definition) is 2. The van der Waals surface area contributed by atoms with Gasteiger partial charge in [0, 0.05) is 24.2 Å². The number of nitrogens with zero attached hydrogens (tertiary/aromatic N) is 1. The first kappa shape index (κ1) is 14.1. The molecule has 7 heteroatoms. The van der Waals surface area contributed by atoms with E-state index in [-0.39, 0.29) is 28.7 Å². The Hall–Kier alpha value is -2.34. The highest BCUT2D eigenvalue weighted by atomic mass is 35.5. The molecule has 0 bridgehead atoms. The average Bonchev–Trinajstić information content (AvgIpc) is 2.41. The maximum atomic E-state index is 13.5. The molecule has 20 heavy (non-hydrogen) atoms. The summed E-state index contributed by atoms with van der Waals surface area (Å²) in [6.07, 6.45) is 0. The Labute approximate surface area is 118 Å². The van der Waals surface area contributed by atoms with E-state index in [4.69, 9.17) is 11.6 Å². The first-order chi connectivity index (χ1) is 9.49. The highest BCUT2D eigenvalue weighted by Gasteiger charge is 2.11. The summed E-state index contributed by atoms with van der Waals surface area (Å²) in [5, 5.41) is 23.2. The monoisotopic (exact) mass is 296 g/mol. The normalized spacial score (nSPS) is 10.3. The van der Waals surface area contributed by atoms with Crippen LogP contribution < -0.4 is 5.32 Å². The number of para-hydroxylation sites is 1. The molecule has 2 aromatic carbocycles. The van der Waals surface area contributed by atoms with Crippen molar-refractivity contribution in [3.05, 3.63) is 62.9 Å². The number of rotatable bonds is 4. The van der Waals surface area contributed by atoms with Gasteiger partial charge in [-0.2, -0.15) is 0 Å². The van der Waals surface area contributed by atoms with Crippen molar-refractivity contribution in [3.63, 3.8) is 0 Å². The predicted molar refractivity (Wildman–Crippen MR) is 73.5 cm³/mol. The number of aromatic hydroxyl groups is 1. The molecule has 2 rings (SSSR count). The maximum Gasteiger partial charge on any atom is 0.271 e. The molecule has 0 saturated carbocycles. The van der Waals surface area contributed by atoms with Crippen molar-refractivity contribution in [2.45, 2.75) is 6.54 Å². The number of non-ortho nitro benzene ring substituents is 1. The van der Waals surface area contributed by atoms with Crippen molar-refractivity contribution >= 4 is 23.0 Å². The number of nitrogens with one attached hydrogen (secondary N) is 1. The van der Waals surface area contributed by atoms with E-state index in [1.165, 1.54) is 6.07 Å². The van der Waals surface area contributed by atoms with Gasteiger partial charge in [-0.25, -0.2) is 4.39 Å². The zero-order valence-electron chi connectivity index (χ0n) is 10.1. The van der Waals surface area contributed by atoms with Gasteiger partial charge < -0.3 is 10.4 Å². The minimum atomic E-state index is -0.614. The second-order valence-corrected chi connectivity index (χ2v) is 4.43. The van der Waals surface area contributed by atoms with E-state index < -0.39 is 10.7 Å². The number of hydrogen-bond acceptors (Lipinski definition) is 4. The van der Waals surface area contributed by atoms with E-state index in [1.807, 2.05) is 0 Å². The number of phenolic OH excluding ortho intramolecular Hbond substituents is 1. The van der Waals surface area contributed by atoms with Gasteiger partial charge in [-0.1, -0.05) is 23.7 Å². The fourth-order valence-corrected chi connectivity index (χ4v) is 1.85. The van der Waals surface area contributed by atoms with Crippen LogP contribution in [-0.2, 0) is 6.54 Å². The SMILES string of the molecule is O=[N+]([O-])c1ccc(F)c(NCc2cccc(Cl)c2O)c1. The Morgan fingerprint density at radius 1 is 1.35 bits per heavy atom. The molecule has 0 atom stereocenters. The molecule has 5 nitrogen and oxygen atoms in total. The Bertz CT molecular complexity index is 664. The molecule has 0 heterocycles. The number of nitro groups is 1. The van der Waals surface area contributed by atoms with E-state index in [0.29, 0.717) is 5.56 Å². The van der Waals surface area contributed by atoms with Crippen molar-refractivity contribution in [3.8, 4) is 5.75 Å². The van der Waals surface area contributed by atoms with E-state index in [1.54, 1.807) is 12.1 Å². The highest BCUT2D eigenvalue weighted by molar-refractivity contribution is 6.32. The standard InChI is InChI=1S/C13H10ClFN2O3/c14-10-3-1-2-8(13(10)18)7-16-12-6-9(17(19)20)4-5-11(12)15/h1-6,16,18H,7H2. The van der Waals surface area contributed by atoms with Crippen LogP contribution >= 0.6 is 11.6 Å². The van der Waals surface area contributed by atoms with Crippen molar-refractivity contribution in [2.75, 3.05) is 5.32 Å². The Morgan fingerprint density at radius 2 is 2.10 bits per heavy atom. The number of phenols is 1. The van der Waals surface area contributed by atoms with Crippen LogP contribution in [0.3, 0.4) is 0 Å². The lowest BCUT2D eigenvalue weighted by Crippen LogP contribution is -2.02. The molecule has 0 aromatic heterocycles. The fourth-order valence-electron chi connectivity index (χ4n) is 1.66. The molecule has 104 valence electrons. The van der Waals surface area contributed by atoms with Crippen LogP contribution in [0.5, 0.6) is 5.75 Å². The molecular weight excluding hydrogens is 287 g/mol. The summed E-state index contributed by atoms with van der Waals surface area (Å²) in [5.74, 6) is -0.718. The summed E-state index contributed by atoms with van der Waals surface area (Å²) in [6.45, 7) is 0.0878. The van der Waals surface area contributed by atoms with Gasteiger partial charge in [0.25, 0.3) is 5.69 Å². The average molecular weight is 297 g/mol. The summed E-state index contributed by atoms with van der Waals surface area (Å²) in [7, 11) is 0. The van der Waals surface area contributed by atoms with Crippen molar-refractivity contribution in [1.29, 1.82) is 0 Å². The summed E-state index contributed by atoms with van der Waals surface area (Å²) in [5.41, 5.74) is 0.228. The molecular formula is C13H10ClFN2O3. The summed E-state index contributed by atoms with van der Waals surface area (Å²) >= 11 is 5.75. The van der Waals surface area contributed by atoms with Crippen molar-refractivity contribution < 1.29 is 14.4 Å². The van der Waals surface area contributed by atoms with Gasteiger partial charge in [0.2, 0.25) is 0 Å². The van der Waals surface area contributed by atoms with Crippen LogP contribution in [0.4, 0.5) is 15.8 Å². The van der Waals surface area contributed by atoms with E-state index in [0.717, 1.165) is 18.2 Å². The van der Waals surface area contributed by atoms with Gasteiger partial charge >= 0.3 is 0 Å². The molecule has 0 aliphatic heterocycles. The topological polar surface area (TPSA) is 75.4 Å². The summed E-state index contributed by atoms with van der Waals surface area (Å²) in [4.78, 5) is 10.0. The minimum Gasteiger partial charge on any atom is -0.506 e. The Kier molecular flexibility index (Phi) is 4.05. The summed E-state index contributed by atoms with van der Waals surface area (Å²) in [6, 6.07) is 7.97. The van der Waals surface area contributed by atoms with Crippen LogP contribution in [0.2, 0.25) is 5.02 Å². The van der Waals surface area contributed by atoms with Gasteiger partial charge in [-0.05, 0) is 12.1 Å². The Balaban J connectivity index is 2.20. The third-order valence-corrected chi connectivity index (χ3v) is 3.01. The first-order valence-corrected chi connectivity index (χ1v) is 6.01. The fraction of sp³-hybridized carbons (Fsp3) is 0.0769. The van der Waals surface area contributed by atoms with Crippen LogP contribution in [0.25, 0.3) is 0 Å². The van der Waals surface area contributed by atoms with Crippen molar-refractivity contribution in [2.24, 2.45) is 0 Å². The lowest BCUT2D eigenvalue weighted by atomic mass is 10.2. The predicted octanol–water partition coefficient (Wildman–Crippen LogP) is 3.71. The molecule has 0 amide bonds. The lowest BCUT2D eigenvalue weighted by Gasteiger charge is -2.09. The largest absolute Gasteiger partial charge is 0.506 e. The van der Waals surface area contributed by atoms with Gasteiger partial charge in [0.05, 0.1) is 15.6 Å². The maximum absolute atomic E-state index is 13.5. The zero-order chi connectivity index (χ0) is 14.7. The van der Waals surface area contributed by atoms with Gasteiger partial charge in [0.1, 0.15) is 11.6 Å². The van der Waals surface area contributed by atoms with Gasteiger partial charge in [0.15, 0.2) is 0 Å². The minimum absolute atomic E-state index is 0.0152. The number of halogens is 2. The van der Waals surface area contributed by atoms with Crippen molar-refractivity contribution in [1.82, 2.24) is 0 Å². The van der Waals surface area contributed by atoms with Crippen LogP contribution in [0.1, 0.15) is 5.56 Å². The van der Waals surface area contributed by atoms with Crippen LogP contribution in [-0.4, -0.2) is 10.0 Å². The van der Waals surface area contributed by atoms with E-state index in [2.05, 4.69) is 5.32 Å². The summed E-state index contributed by atoms with van der Waals surface area (Å²) < 4.78 is 13.5.